The molecule has 1 heterocycles. The van der Waals surface area contributed by atoms with E-state index in [4.69, 9.17) is 4.74 Å². The summed E-state index contributed by atoms with van der Waals surface area (Å²) in [5, 5.41) is 6.19. The molecule has 0 aliphatic carbocycles. The molecule has 2 rings (SSSR count). The van der Waals surface area contributed by atoms with Crippen LogP contribution < -0.4 is 10.6 Å². The second kappa shape index (κ2) is 9.04. The molecular weight excluding hydrogens is 350 g/mol. The Morgan fingerprint density at radius 2 is 2.08 bits per heavy atom. The smallest absolute Gasteiger partial charge is 0.339 e. The number of thioether (sulfide) groups is 1. The van der Waals surface area contributed by atoms with Crippen molar-refractivity contribution in [1.29, 1.82) is 0 Å². The highest BCUT2D eigenvalue weighted by atomic mass is 32.2. The molecule has 0 aliphatic heterocycles. The fraction of sp³-hybridized carbons (Fsp3) is 0.200. The van der Waals surface area contributed by atoms with Crippen molar-refractivity contribution in [3.8, 4) is 0 Å². The number of hydrogen-bond acceptors (Lipinski definition) is 7. The van der Waals surface area contributed by atoms with Gasteiger partial charge in [-0.1, -0.05) is 12.1 Å². The summed E-state index contributed by atoms with van der Waals surface area (Å²) >= 11 is 2.97. The molecule has 1 aromatic carbocycles. The summed E-state index contributed by atoms with van der Waals surface area (Å²) in [4.78, 5) is 39.5. The Balaban J connectivity index is 1.94. The minimum atomic E-state index is -0.699. The van der Waals surface area contributed by atoms with Gasteiger partial charge in [0.25, 0.3) is 5.91 Å². The van der Waals surface area contributed by atoms with E-state index in [0.29, 0.717) is 11.3 Å². The maximum Gasteiger partial charge on any atom is 0.339 e. The lowest BCUT2D eigenvalue weighted by atomic mass is 10.2. The van der Waals surface area contributed by atoms with Gasteiger partial charge in [0.1, 0.15) is 0 Å². The molecule has 0 atom stereocenters. The monoisotopic (exact) mass is 365 g/mol. The van der Waals surface area contributed by atoms with E-state index in [2.05, 4.69) is 10.3 Å². The number of carbonyl (C=O) groups excluding carboxylic acids is 3. The third kappa shape index (κ3) is 5.36. The van der Waals surface area contributed by atoms with Gasteiger partial charge in [-0.3, -0.25) is 10.1 Å². The number of urea groups is 1. The van der Waals surface area contributed by atoms with Crippen molar-refractivity contribution in [2.45, 2.75) is 10.6 Å². The molecule has 0 fully saturated rings. The Bertz CT molecular complexity index is 719. The van der Waals surface area contributed by atoms with Gasteiger partial charge in [0.15, 0.2) is 6.61 Å². The number of benzene rings is 1. The molecule has 0 saturated heterocycles. The van der Waals surface area contributed by atoms with Gasteiger partial charge < -0.3 is 10.1 Å². The number of thiazole rings is 1. The number of ether oxygens (including phenoxy) is 1. The molecule has 0 bridgehead atoms. The quantitative estimate of drug-likeness (QED) is 0.601. The second-order valence-electron chi connectivity index (χ2n) is 4.47. The van der Waals surface area contributed by atoms with Crippen LogP contribution in [0.1, 0.15) is 16.1 Å². The predicted octanol–water partition coefficient (Wildman–Crippen LogP) is 2.05. The normalized spacial score (nSPS) is 10.0. The molecule has 0 spiro atoms. The third-order valence-electron chi connectivity index (χ3n) is 2.78. The minimum Gasteiger partial charge on any atom is -0.452 e. The van der Waals surface area contributed by atoms with Crippen LogP contribution in [0.15, 0.2) is 40.1 Å². The minimum absolute atomic E-state index is 0.366. The summed E-state index contributed by atoms with van der Waals surface area (Å²) in [6, 6.07) is 6.31. The molecule has 2 N–H and O–H groups in total. The van der Waals surface area contributed by atoms with Crippen molar-refractivity contribution >= 4 is 41.0 Å². The summed E-state index contributed by atoms with van der Waals surface area (Å²) in [6.45, 7) is -0.530. The molecule has 7 nitrogen and oxygen atoms in total. The Kier molecular flexibility index (Phi) is 6.76. The molecule has 0 radical (unpaired) electrons. The van der Waals surface area contributed by atoms with Gasteiger partial charge in [0, 0.05) is 23.1 Å². The Hall–Kier alpha value is -2.39. The SMILES string of the molecule is CNC(=O)NC(=O)COC(=O)c1ccccc1SCc1cscn1. The second-order valence-corrected chi connectivity index (χ2v) is 6.20. The van der Waals surface area contributed by atoms with Gasteiger partial charge in [0.05, 0.1) is 16.8 Å². The van der Waals surface area contributed by atoms with Crippen molar-refractivity contribution < 1.29 is 19.1 Å². The standard InChI is InChI=1S/C15H15N3O4S2/c1-16-15(21)18-13(19)6-22-14(20)11-4-2-3-5-12(11)24-8-10-7-23-9-17-10/h2-5,7,9H,6,8H2,1H3,(H2,16,18,19,21). The largest absolute Gasteiger partial charge is 0.452 e. The zero-order valence-electron chi connectivity index (χ0n) is 12.8. The number of hydrogen-bond donors (Lipinski definition) is 2. The Morgan fingerprint density at radius 3 is 2.79 bits per heavy atom. The van der Waals surface area contributed by atoms with Crippen molar-refractivity contribution in [3.63, 3.8) is 0 Å². The lowest BCUT2D eigenvalue weighted by Gasteiger charge is -2.09. The van der Waals surface area contributed by atoms with Gasteiger partial charge in [0.2, 0.25) is 0 Å². The number of aromatic nitrogens is 1. The first-order valence-electron chi connectivity index (χ1n) is 6.87. The van der Waals surface area contributed by atoms with Crippen LogP contribution in [0.4, 0.5) is 4.79 Å². The van der Waals surface area contributed by atoms with Crippen LogP contribution in [-0.2, 0) is 15.3 Å². The highest BCUT2D eigenvalue weighted by Gasteiger charge is 2.15. The van der Waals surface area contributed by atoms with E-state index in [-0.39, 0.29) is 0 Å². The van der Waals surface area contributed by atoms with E-state index in [0.717, 1.165) is 10.6 Å². The van der Waals surface area contributed by atoms with E-state index in [1.165, 1.54) is 30.1 Å². The summed E-state index contributed by atoms with van der Waals surface area (Å²) in [6.07, 6.45) is 0. The predicted molar refractivity (Wildman–Crippen MR) is 91.0 cm³/mol. The van der Waals surface area contributed by atoms with Crippen LogP contribution in [0.5, 0.6) is 0 Å². The van der Waals surface area contributed by atoms with Crippen molar-refractivity contribution in [2.75, 3.05) is 13.7 Å². The topological polar surface area (TPSA) is 97.4 Å². The van der Waals surface area contributed by atoms with Gasteiger partial charge >= 0.3 is 12.0 Å². The molecule has 0 unspecified atom stereocenters. The fourth-order valence-corrected chi connectivity index (χ4v) is 3.26. The maximum atomic E-state index is 12.2. The number of imide groups is 1. The number of nitrogens with zero attached hydrogens (tertiary/aromatic N) is 1. The maximum absolute atomic E-state index is 12.2. The summed E-state index contributed by atoms with van der Waals surface area (Å²) in [7, 11) is 1.38. The molecule has 2 aromatic rings. The lowest BCUT2D eigenvalue weighted by molar-refractivity contribution is -0.123. The van der Waals surface area contributed by atoms with Gasteiger partial charge in [-0.05, 0) is 12.1 Å². The van der Waals surface area contributed by atoms with Crippen LogP contribution in [0.3, 0.4) is 0 Å². The average molecular weight is 365 g/mol. The lowest BCUT2D eigenvalue weighted by Crippen LogP contribution is -2.39. The number of carbonyl (C=O) groups is 3. The molecule has 9 heteroatoms. The molecular formula is C15H15N3O4S2. The zero-order valence-corrected chi connectivity index (χ0v) is 14.4. The summed E-state index contributed by atoms with van der Waals surface area (Å²) in [5.41, 5.74) is 3.05. The summed E-state index contributed by atoms with van der Waals surface area (Å²) in [5.74, 6) is -0.691. The Labute approximate surface area is 146 Å². The van der Waals surface area contributed by atoms with E-state index < -0.39 is 24.5 Å². The molecule has 0 aliphatic rings. The molecule has 0 saturated carbocycles. The van der Waals surface area contributed by atoms with Crippen LogP contribution in [0, 0.1) is 0 Å². The first kappa shape index (κ1) is 18.0. The van der Waals surface area contributed by atoms with Crippen LogP contribution in [0.25, 0.3) is 0 Å². The van der Waals surface area contributed by atoms with Crippen LogP contribution in [-0.4, -0.2) is 36.5 Å². The summed E-state index contributed by atoms with van der Waals surface area (Å²) < 4.78 is 4.96. The van der Waals surface area contributed by atoms with E-state index in [1.54, 1.807) is 23.7 Å². The van der Waals surface area contributed by atoms with E-state index in [9.17, 15) is 14.4 Å². The molecule has 126 valence electrons. The first-order chi connectivity index (χ1) is 11.6. The zero-order chi connectivity index (χ0) is 17.4. The van der Waals surface area contributed by atoms with Crippen molar-refractivity contribution in [1.82, 2.24) is 15.6 Å². The first-order valence-corrected chi connectivity index (χ1v) is 8.80. The van der Waals surface area contributed by atoms with E-state index >= 15 is 0 Å². The fourth-order valence-electron chi connectivity index (χ4n) is 1.66. The van der Waals surface area contributed by atoms with Crippen molar-refractivity contribution in [3.05, 3.63) is 46.4 Å². The van der Waals surface area contributed by atoms with Gasteiger partial charge in [-0.15, -0.1) is 23.1 Å². The van der Waals surface area contributed by atoms with Crippen molar-refractivity contribution in [2.24, 2.45) is 0 Å². The molecule has 1 aromatic heterocycles. The molecule has 3 amide bonds. The Morgan fingerprint density at radius 1 is 1.29 bits per heavy atom. The number of esters is 1. The highest BCUT2D eigenvalue weighted by molar-refractivity contribution is 7.98. The number of nitrogens with one attached hydrogen (secondary N) is 2. The van der Waals surface area contributed by atoms with E-state index in [1.807, 2.05) is 16.8 Å². The van der Waals surface area contributed by atoms with Crippen LogP contribution in [0.2, 0.25) is 0 Å². The van der Waals surface area contributed by atoms with Gasteiger partial charge in [-0.25, -0.2) is 14.6 Å². The third-order valence-corrected chi connectivity index (χ3v) is 4.52. The number of amides is 3. The molecule has 24 heavy (non-hydrogen) atoms. The highest BCUT2D eigenvalue weighted by Crippen LogP contribution is 2.26. The number of rotatable bonds is 6. The van der Waals surface area contributed by atoms with Gasteiger partial charge in [-0.2, -0.15) is 0 Å². The average Bonchev–Trinajstić information content (AvgIpc) is 3.11. The van der Waals surface area contributed by atoms with Crippen LogP contribution >= 0.6 is 23.1 Å².